The van der Waals surface area contributed by atoms with E-state index in [1.54, 1.807) is 18.2 Å². The fourth-order valence-electron chi connectivity index (χ4n) is 1.28. The number of nitrogens with one attached hydrogen (secondary N) is 1. The Morgan fingerprint density at radius 2 is 2.28 bits per heavy atom. The highest BCUT2D eigenvalue weighted by Gasteiger charge is 2.09. The largest absolute Gasteiger partial charge is 0.483 e. The molecule has 0 spiro atoms. The van der Waals surface area contributed by atoms with E-state index in [0.717, 1.165) is 10.9 Å². The molecule has 18 heavy (non-hydrogen) atoms. The summed E-state index contributed by atoms with van der Waals surface area (Å²) in [5, 5.41) is 2.73. The van der Waals surface area contributed by atoms with Gasteiger partial charge in [-0.1, -0.05) is 35.1 Å². The Labute approximate surface area is 120 Å². The summed E-state index contributed by atoms with van der Waals surface area (Å²) < 4.78 is 6.27. The molecule has 0 fully saturated rings. The molecule has 0 saturated carbocycles. The molecule has 0 unspecified atom stereocenters. The van der Waals surface area contributed by atoms with E-state index in [1.807, 2.05) is 6.92 Å². The third kappa shape index (κ3) is 4.62. The number of hydrogen-bond acceptors (Lipinski definition) is 3. The molecule has 0 heterocycles. The van der Waals surface area contributed by atoms with Crippen LogP contribution in [0.15, 0.2) is 22.7 Å². The van der Waals surface area contributed by atoms with Gasteiger partial charge in [0.25, 0.3) is 5.91 Å². The predicted octanol–water partition coefficient (Wildman–Crippen LogP) is 1.99. The van der Waals surface area contributed by atoms with Gasteiger partial charge in [0.1, 0.15) is 10.7 Å². The van der Waals surface area contributed by atoms with E-state index < -0.39 is 0 Å². The van der Waals surface area contributed by atoms with Crippen molar-refractivity contribution in [1.82, 2.24) is 5.32 Å². The molecule has 6 heteroatoms. The topological polar surface area (TPSA) is 64.3 Å². The molecule has 0 aliphatic heterocycles. The molecule has 3 N–H and O–H groups in total. The summed E-state index contributed by atoms with van der Waals surface area (Å²) in [7, 11) is 0. The fourth-order valence-corrected chi connectivity index (χ4v) is 1.80. The summed E-state index contributed by atoms with van der Waals surface area (Å²) in [5.41, 5.74) is 6.21. The van der Waals surface area contributed by atoms with E-state index in [2.05, 4.69) is 21.2 Å². The summed E-state index contributed by atoms with van der Waals surface area (Å²) in [5.74, 6) is 0.353. The van der Waals surface area contributed by atoms with Gasteiger partial charge in [-0.3, -0.25) is 4.79 Å². The number of nitrogens with two attached hydrogens (primary N) is 1. The van der Waals surface area contributed by atoms with Crippen molar-refractivity contribution >= 4 is 39.0 Å². The minimum atomic E-state index is -0.159. The number of ether oxygens (including phenoxy) is 1. The van der Waals surface area contributed by atoms with Crippen LogP contribution in [-0.4, -0.2) is 24.0 Å². The van der Waals surface area contributed by atoms with Crippen LogP contribution >= 0.6 is 28.1 Å². The van der Waals surface area contributed by atoms with Gasteiger partial charge in [-0.05, 0) is 24.6 Å². The first-order valence-corrected chi connectivity index (χ1v) is 6.73. The number of rotatable bonds is 6. The van der Waals surface area contributed by atoms with Crippen molar-refractivity contribution < 1.29 is 9.53 Å². The number of halogens is 1. The van der Waals surface area contributed by atoms with Crippen molar-refractivity contribution in [2.75, 3.05) is 13.2 Å². The lowest BCUT2D eigenvalue weighted by atomic mass is 10.2. The second-order valence-electron chi connectivity index (χ2n) is 3.64. The van der Waals surface area contributed by atoms with Crippen LogP contribution in [-0.2, 0) is 4.79 Å². The van der Waals surface area contributed by atoms with Crippen LogP contribution in [0.1, 0.15) is 18.9 Å². The molecule has 0 atom stereocenters. The number of amides is 1. The van der Waals surface area contributed by atoms with E-state index in [0.29, 0.717) is 17.9 Å². The summed E-state index contributed by atoms with van der Waals surface area (Å²) in [6.07, 6.45) is 0.891. The molecule has 0 saturated heterocycles. The van der Waals surface area contributed by atoms with Crippen LogP contribution in [0.3, 0.4) is 0 Å². The third-order valence-electron chi connectivity index (χ3n) is 2.14. The fraction of sp³-hybridized carbons (Fsp3) is 0.333. The minimum Gasteiger partial charge on any atom is -0.483 e. The first-order valence-electron chi connectivity index (χ1n) is 5.53. The molecular formula is C12H15BrN2O2S. The van der Waals surface area contributed by atoms with Gasteiger partial charge in [0.2, 0.25) is 0 Å². The Hall–Kier alpha value is -1.14. The lowest BCUT2D eigenvalue weighted by Crippen LogP contribution is -2.29. The van der Waals surface area contributed by atoms with Crippen LogP contribution in [0, 0.1) is 0 Å². The van der Waals surface area contributed by atoms with Crippen molar-refractivity contribution in [1.29, 1.82) is 0 Å². The van der Waals surface area contributed by atoms with Gasteiger partial charge < -0.3 is 15.8 Å². The van der Waals surface area contributed by atoms with E-state index in [-0.39, 0.29) is 17.5 Å². The Morgan fingerprint density at radius 1 is 1.56 bits per heavy atom. The maximum atomic E-state index is 11.4. The molecule has 98 valence electrons. The average Bonchev–Trinajstić information content (AvgIpc) is 2.34. The highest BCUT2D eigenvalue weighted by atomic mass is 79.9. The zero-order valence-electron chi connectivity index (χ0n) is 10.0. The third-order valence-corrected chi connectivity index (χ3v) is 2.85. The van der Waals surface area contributed by atoms with Gasteiger partial charge in [-0.25, -0.2) is 0 Å². The Kier molecular flexibility index (Phi) is 6.07. The quantitative estimate of drug-likeness (QED) is 0.783. The first-order chi connectivity index (χ1) is 8.54. The SMILES string of the molecule is CCCNC(=O)COc1ccc(Br)cc1C(N)=S. The van der Waals surface area contributed by atoms with Gasteiger partial charge in [0.05, 0.1) is 5.56 Å². The summed E-state index contributed by atoms with van der Waals surface area (Å²) in [6, 6.07) is 5.30. The Morgan fingerprint density at radius 3 is 2.89 bits per heavy atom. The van der Waals surface area contributed by atoms with Crippen LogP contribution < -0.4 is 15.8 Å². The number of benzene rings is 1. The van der Waals surface area contributed by atoms with Crippen molar-refractivity contribution in [3.05, 3.63) is 28.2 Å². The average molecular weight is 331 g/mol. The Bertz CT molecular complexity index is 452. The van der Waals surface area contributed by atoms with E-state index in [4.69, 9.17) is 22.7 Å². The molecule has 1 aromatic rings. The highest BCUT2D eigenvalue weighted by molar-refractivity contribution is 9.10. The minimum absolute atomic E-state index is 0.0444. The lowest BCUT2D eigenvalue weighted by molar-refractivity contribution is -0.123. The van der Waals surface area contributed by atoms with Crippen LogP contribution in [0.4, 0.5) is 0 Å². The zero-order valence-corrected chi connectivity index (χ0v) is 12.4. The Balaban J connectivity index is 2.67. The van der Waals surface area contributed by atoms with Crippen molar-refractivity contribution in [3.63, 3.8) is 0 Å². The molecular weight excluding hydrogens is 316 g/mol. The maximum Gasteiger partial charge on any atom is 0.257 e. The van der Waals surface area contributed by atoms with Crippen molar-refractivity contribution in [2.24, 2.45) is 5.73 Å². The summed E-state index contributed by atoms with van der Waals surface area (Å²) in [4.78, 5) is 11.7. The van der Waals surface area contributed by atoms with Crippen LogP contribution in [0.25, 0.3) is 0 Å². The van der Waals surface area contributed by atoms with Gasteiger partial charge in [-0.15, -0.1) is 0 Å². The van der Waals surface area contributed by atoms with E-state index in [9.17, 15) is 4.79 Å². The molecule has 1 aromatic carbocycles. The lowest BCUT2D eigenvalue weighted by Gasteiger charge is -2.11. The standard InChI is InChI=1S/C12H15BrN2O2S/c1-2-5-15-11(16)7-17-10-4-3-8(13)6-9(10)12(14)18/h3-4,6H,2,5,7H2,1H3,(H2,14,18)(H,15,16). The monoisotopic (exact) mass is 330 g/mol. The van der Waals surface area contributed by atoms with Crippen LogP contribution in [0.5, 0.6) is 5.75 Å². The van der Waals surface area contributed by atoms with Gasteiger partial charge in [0.15, 0.2) is 6.61 Å². The molecule has 1 amide bonds. The molecule has 0 aliphatic rings. The van der Waals surface area contributed by atoms with E-state index in [1.165, 1.54) is 0 Å². The van der Waals surface area contributed by atoms with Crippen molar-refractivity contribution in [2.45, 2.75) is 13.3 Å². The number of carbonyl (C=O) groups excluding carboxylic acids is 1. The zero-order chi connectivity index (χ0) is 13.5. The number of carbonyl (C=O) groups is 1. The number of thiocarbonyl (C=S) groups is 1. The molecule has 0 radical (unpaired) electrons. The normalized spacial score (nSPS) is 9.89. The molecule has 1 rings (SSSR count). The second-order valence-corrected chi connectivity index (χ2v) is 5.00. The number of hydrogen-bond donors (Lipinski definition) is 2. The summed E-state index contributed by atoms with van der Waals surface area (Å²) in [6.45, 7) is 2.59. The second kappa shape index (κ2) is 7.33. The summed E-state index contributed by atoms with van der Waals surface area (Å²) >= 11 is 8.26. The van der Waals surface area contributed by atoms with Gasteiger partial charge in [0, 0.05) is 11.0 Å². The predicted molar refractivity (Wildman–Crippen MR) is 78.8 cm³/mol. The molecule has 4 nitrogen and oxygen atoms in total. The highest BCUT2D eigenvalue weighted by Crippen LogP contribution is 2.23. The molecule has 0 aromatic heterocycles. The van der Waals surface area contributed by atoms with Gasteiger partial charge >= 0.3 is 0 Å². The molecule has 0 aliphatic carbocycles. The van der Waals surface area contributed by atoms with E-state index >= 15 is 0 Å². The maximum absolute atomic E-state index is 11.4. The smallest absolute Gasteiger partial charge is 0.257 e. The van der Waals surface area contributed by atoms with Crippen LogP contribution in [0.2, 0.25) is 0 Å². The van der Waals surface area contributed by atoms with Crippen molar-refractivity contribution in [3.8, 4) is 5.75 Å². The molecule has 0 bridgehead atoms. The van der Waals surface area contributed by atoms with Gasteiger partial charge in [-0.2, -0.15) is 0 Å². The first kappa shape index (κ1) is 14.9.